The quantitative estimate of drug-likeness (QED) is 0.801. The topological polar surface area (TPSA) is 15.3 Å². The van der Waals surface area contributed by atoms with E-state index in [1.807, 2.05) is 0 Å². The summed E-state index contributed by atoms with van der Waals surface area (Å²) in [6, 6.07) is 1.21. The Morgan fingerprint density at radius 1 is 1.24 bits per heavy atom. The first kappa shape index (κ1) is 11.8. The molecule has 2 heterocycles. The zero-order valence-corrected chi connectivity index (χ0v) is 10.5. The molecule has 98 valence electrons. The van der Waals surface area contributed by atoms with Gasteiger partial charge in [0.1, 0.15) is 0 Å². The van der Waals surface area contributed by atoms with E-state index in [2.05, 4.69) is 17.1 Å². The monoisotopic (exact) mass is 244 g/mol. The van der Waals surface area contributed by atoms with E-state index in [4.69, 9.17) is 0 Å². The predicted octanol–water partition coefficient (Wildman–Crippen LogP) is 2.25. The molecule has 2 atom stereocenters. The Hall–Kier alpha value is -0.220. The predicted molar refractivity (Wildman–Crippen MR) is 63.3 cm³/mol. The summed E-state index contributed by atoms with van der Waals surface area (Å²) in [5.41, 5.74) is -0.597. The first-order valence-electron chi connectivity index (χ1n) is 6.87. The van der Waals surface area contributed by atoms with Crippen LogP contribution < -0.4 is 5.32 Å². The summed E-state index contributed by atoms with van der Waals surface area (Å²) >= 11 is 0. The van der Waals surface area contributed by atoms with E-state index in [0.717, 1.165) is 19.6 Å². The second-order valence-electron chi connectivity index (χ2n) is 6.30. The molecule has 0 aromatic carbocycles. The van der Waals surface area contributed by atoms with Crippen LogP contribution in [0.25, 0.3) is 0 Å². The zero-order chi connectivity index (χ0) is 12.1. The molecule has 3 rings (SSSR count). The fourth-order valence-electron chi connectivity index (χ4n) is 3.56. The van der Waals surface area contributed by atoms with Gasteiger partial charge in [0.25, 0.3) is 5.92 Å². The largest absolute Gasteiger partial charge is 0.310 e. The Balaban J connectivity index is 1.46. The Kier molecular flexibility index (Phi) is 2.71. The molecule has 4 heteroatoms. The van der Waals surface area contributed by atoms with Gasteiger partial charge in [-0.2, -0.15) is 0 Å². The van der Waals surface area contributed by atoms with Gasteiger partial charge in [0.15, 0.2) is 0 Å². The van der Waals surface area contributed by atoms with Crippen molar-refractivity contribution in [1.82, 2.24) is 10.2 Å². The van der Waals surface area contributed by atoms with Crippen molar-refractivity contribution in [1.29, 1.82) is 0 Å². The Morgan fingerprint density at radius 3 is 2.35 bits per heavy atom. The third-order valence-electron chi connectivity index (χ3n) is 4.97. The summed E-state index contributed by atoms with van der Waals surface area (Å²) in [7, 11) is 0. The summed E-state index contributed by atoms with van der Waals surface area (Å²) < 4.78 is 26.5. The van der Waals surface area contributed by atoms with Gasteiger partial charge in [-0.15, -0.1) is 0 Å². The molecule has 2 aliphatic heterocycles. The molecule has 1 N–H and O–H groups in total. The van der Waals surface area contributed by atoms with Crippen LogP contribution in [0, 0.1) is 5.41 Å². The highest BCUT2D eigenvalue weighted by Gasteiger charge is 2.70. The lowest BCUT2D eigenvalue weighted by Crippen LogP contribution is -2.44. The molecule has 1 spiro atoms. The molecular formula is C13H22F2N2. The maximum absolute atomic E-state index is 13.2. The number of halogens is 2. The highest BCUT2D eigenvalue weighted by Crippen LogP contribution is 2.65. The molecule has 0 radical (unpaired) electrons. The van der Waals surface area contributed by atoms with Crippen LogP contribution in [-0.2, 0) is 0 Å². The number of hydrogen-bond donors (Lipinski definition) is 1. The molecule has 17 heavy (non-hydrogen) atoms. The highest BCUT2D eigenvalue weighted by molar-refractivity contribution is 5.11. The smallest absolute Gasteiger partial charge is 0.254 e. The van der Waals surface area contributed by atoms with Crippen LogP contribution in [0.1, 0.15) is 39.0 Å². The van der Waals surface area contributed by atoms with Crippen molar-refractivity contribution in [3.63, 3.8) is 0 Å². The van der Waals surface area contributed by atoms with Crippen molar-refractivity contribution in [2.75, 3.05) is 19.6 Å². The van der Waals surface area contributed by atoms with Crippen LogP contribution in [0.5, 0.6) is 0 Å². The molecule has 1 saturated carbocycles. The van der Waals surface area contributed by atoms with Crippen molar-refractivity contribution >= 4 is 0 Å². The minimum absolute atomic E-state index is 0.145. The number of rotatable bonds is 2. The van der Waals surface area contributed by atoms with Crippen LogP contribution in [0.4, 0.5) is 8.78 Å². The Morgan fingerprint density at radius 2 is 1.88 bits per heavy atom. The summed E-state index contributed by atoms with van der Waals surface area (Å²) in [5, 5.41) is 3.56. The third kappa shape index (κ3) is 2.10. The maximum atomic E-state index is 13.2. The SMILES string of the molecule is C[C@H]1CC[C@@H](CN2CCC3(CC2)CC3(F)F)N1. The molecule has 1 aliphatic carbocycles. The van der Waals surface area contributed by atoms with Gasteiger partial charge in [-0.3, -0.25) is 0 Å². The minimum Gasteiger partial charge on any atom is -0.310 e. The molecule has 0 amide bonds. The molecule has 0 aromatic heterocycles. The molecule has 0 bridgehead atoms. The van der Waals surface area contributed by atoms with E-state index in [1.165, 1.54) is 12.8 Å². The Labute approximate surface area is 102 Å². The van der Waals surface area contributed by atoms with E-state index in [1.54, 1.807) is 0 Å². The number of piperidine rings is 1. The number of nitrogens with zero attached hydrogens (tertiary/aromatic N) is 1. The van der Waals surface area contributed by atoms with E-state index in [0.29, 0.717) is 24.9 Å². The average molecular weight is 244 g/mol. The number of nitrogens with one attached hydrogen (secondary N) is 1. The average Bonchev–Trinajstić information content (AvgIpc) is 2.59. The molecule has 0 unspecified atom stereocenters. The summed E-state index contributed by atoms with van der Waals surface area (Å²) in [6.45, 7) is 4.99. The lowest BCUT2D eigenvalue weighted by atomic mass is 9.92. The standard InChI is InChI=1S/C13H22F2N2/c1-10-2-3-11(16-10)8-17-6-4-12(5-7-17)9-13(12,14)15/h10-11,16H,2-9H2,1H3/t10-,11-/m0/s1. The molecule has 3 fully saturated rings. The zero-order valence-electron chi connectivity index (χ0n) is 10.5. The normalized spacial score (nSPS) is 39.7. The Bertz CT molecular complexity index is 298. The van der Waals surface area contributed by atoms with Crippen molar-refractivity contribution in [2.24, 2.45) is 5.41 Å². The lowest BCUT2D eigenvalue weighted by molar-refractivity contribution is 0.0300. The van der Waals surface area contributed by atoms with Crippen molar-refractivity contribution in [2.45, 2.75) is 57.0 Å². The van der Waals surface area contributed by atoms with Crippen molar-refractivity contribution in [3.8, 4) is 0 Å². The van der Waals surface area contributed by atoms with E-state index < -0.39 is 11.3 Å². The van der Waals surface area contributed by atoms with E-state index in [9.17, 15) is 8.78 Å². The number of hydrogen-bond acceptors (Lipinski definition) is 2. The van der Waals surface area contributed by atoms with Gasteiger partial charge < -0.3 is 10.2 Å². The lowest BCUT2D eigenvalue weighted by Gasteiger charge is -2.33. The minimum atomic E-state index is -2.35. The van der Waals surface area contributed by atoms with Gasteiger partial charge >= 0.3 is 0 Å². The second-order valence-corrected chi connectivity index (χ2v) is 6.30. The van der Waals surface area contributed by atoms with Crippen molar-refractivity contribution < 1.29 is 8.78 Å². The molecule has 3 aliphatic rings. The fourth-order valence-corrected chi connectivity index (χ4v) is 3.56. The van der Waals surface area contributed by atoms with Gasteiger partial charge in [0.2, 0.25) is 0 Å². The van der Waals surface area contributed by atoms with Gasteiger partial charge in [0.05, 0.1) is 0 Å². The van der Waals surface area contributed by atoms with Gasteiger partial charge in [-0.05, 0) is 45.7 Å². The first-order chi connectivity index (χ1) is 8.01. The second kappa shape index (κ2) is 3.89. The third-order valence-corrected chi connectivity index (χ3v) is 4.97. The van der Waals surface area contributed by atoms with E-state index >= 15 is 0 Å². The van der Waals surface area contributed by atoms with Crippen molar-refractivity contribution in [3.05, 3.63) is 0 Å². The summed E-state index contributed by atoms with van der Waals surface area (Å²) in [5.74, 6) is -2.35. The van der Waals surface area contributed by atoms with Crippen LogP contribution in [0.2, 0.25) is 0 Å². The van der Waals surface area contributed by atoms with Gasteiger partial charge in [-0.1, -0.05) is 0 Å². The van der Waals surface area contributed by atoms with Gasteiger partial charge in [0, 0.05) is 30.5 Å². The summed E-state index contributed by atoms with van der Waals surface area (Å²) in [6.07, 6.45) is 4.02. The first-order valence-corrected chi connectivity index (χ1v) is 6.87. The van der Waals surface area contributed by atoms with Gasteiger partial charge in [-0.25, -0.2) is 8.78 Å². The van der Waals surface area contributed by atoms with E-state index in [-0.39, 0.29) is 6.42 Å². The fraction of sp³-hybridized carbons (Fsp3) is 1.00. The van der Waals surface area contributed by atoms with Crippen LogP contribution in [-0.4, -0.2) is 42.5 Å². The maximum Gasteiger partial charge on any atom is 0.254 e. The highest BCUT2D eigenvalue weighted by atomic mass is 19.3. The molecule has 2 nitrogen and oxygen atoms in total. The molecular weight excluding hydrogens is 222 g/mol. The van der Waals surface area contributed by atoms with Crippen LogP contribution >= 0.6 is 0 Å². The van der Waals surface area contributed by atoms with Crippen LogP contribution in [0.15, 0.2) is 0 Å². The summed E-state index contributed by atoms with van der Waals surface area (Å²) in [4.78, 5) is 2.37. The molecule has 2 saturated heterocycles. The number of alkyl halides is 2. The van der Waals surface area contributed by atoms with Crippen LogP contribution in [0.3, 0.4) is 0 Å². The number of likely N-dealkylation sites (tertiary alicyclic amines) is 1. The molecule has 0 aromatic rings.